The third-order valence-electron chi connectivity index (χ3n) is 3.54. The van der Waals surface area contributed by atoms with Gasteiger partial charge in [-0.05, 0) is 25.5 Å². The Morgan fingerprint density at radius 3 is 2.56 bits per heavy atom. The van der Waals surface area contributed by atoms with Crippen LogP contribution in [0.4, 0.5) is 0 Å². The molecule has 0 saturated heterocycles. The van der Waals surface area contributed by atoms with Gasteiger partial charge < -0.3 is 4.84 Å². The van der Waals surface area contributed by atoms with E-state index in [-0.39, 0.29) is 29.1 Å². The lowest BCUT2D eigenvalue weighted by molar-refractivity contribution is -0.140. The Labute approximate surface area is 109 Å². The molecule has 2 aliphatic rings. The summed E-state index contributed by atoms with van der Waals surface area (Å²) in [4.78, 5) is 39.2. The number of fused-ring (bicyclic) bond motifs is 1. The number of carbonyl (C=O) groups excluding carboxylic acids is 3. The molecule has 2 aliphatic carbocycles. The monoisotopic (exact) mass is 269 g/mol. The Morgan fingerprint density at radius 1 is 1.28 bits per heavy atom. The van der Waals surface area contributed by atoms with E-state index in [1.165, 1.54) is 6.92 Å². The van der Waals surface area contributed by atoms with E-state index in [4.69, 9.17) is 0 Å². The largest absolute Gasteiger partial charge is 0.332 e. The van der Waals surface area contributed by atoms with Crippen molar-refractivity contribution < 1.29 is 19.2 Å². The number of oxime groups is 1. The molecule has 5 nitrogen and oxygen atoms in total. The second-order valence-corrected chi connectivity index (χ2v) is 5.77. The first-order chi connectivity index (χ1) is 8.54. The number of Topliss-reactive ketones (excluding diaryl/α,β-unsaturated/α-hetero) is 2. The van der Waals surface area contributed by atoms with Crippen molar-refractivity contribution >= 4 is 35.0 Å². The Balaban J connectivity index is 2.18. The van der Waals surface area contributed by atoms with Crippen LogP contribution in [0.25, 0.3) is 0 Å². The van der Waals surface area contributed by atoms with E-state index in [0.29, 0.717) is 5.25 Å². The molecule has 0 aromatic rings. The van der Waals surface area contributed by atoms with E-state index in [1.54, 1.807) is 11.8 Å². The van der Waals surface area contributed by atoms with Crippen LogP contribution in [-0.2, 0) is 19.2 Å². The molecule has 0 heterocycles. The molecule has 98 valence electrons. The molecule has 0 spiro atoms. The minimum atomic E-state index is -0.625. The zero-order valence-electron chi connectivity index (χ0n) is 10.3. The maximum atomic E-state index is 12.1. The second-order valence-electron chi connectivity index (χ2n) is 4.64. The number of hydrogen-bond acceptors (Lipinski definition) is 6. The van der Waals surface area contributed by atoms with Gasteiger partial charge in [0.15, 0.2) is 17.3 Å². The SMILES string of the molecule is CSC1CCC2C(=O)/C(=N/OC(C)=O)C(=O)C2C1. The third-order valence-corrected chi connectivity index (χ3v) is 4.64. The average molecular weight is 269 g/mol. The molecule has 6 heteroatoms. The molecule has 0 aromatic heterocycles. The molecule has 3 atom stereocenters. The lowest BCUT2D eigenvalue weighted by Gasteiger charge is -2.27. The fourth-order valence-corrected chi connectivity index (χ4v) is 3.39. The van der Waals surface area contributed by atoms with E-state index < -0.39 is 5.97 Å². The van der Waals surface area contributed by atoms with Gasteiger partial charge in [0.2, 0.25) is 0 Å². The fraction of sp³-hybridized carbons (Fsp3) is 0.667. The molecule has 2 fully saturated rings. The Morgan fingerprint density at radius 2 is 1.94 bits per heavy atom. The zero-order valence-corrected chi connectivity index (χ0v) is 11.2. The molecule has 0 aliphatic heterocycles. The molecule has 0 amide bonds. The molecule has 2 rings (SSSR count). The summed E-state index contributed by atoms with van der Waals surface area (Å²) < 4.78 is 0. The van der Waals surface area contributed by atoms with Crippen molar-refractivity contribution in [3.8, 4) is 0 Å². The van der Waals surface area contributed by atoms with E-state index in [0.717, 1.165) is 19.3 Å². The van der Waals surface area contributed by atoms with Crippen LogP contribution >= 0.6 is 11.8 Å². The predicted octanol–water partition coefficient (Wildman–Crippen LogP) is 1.21. The molecule has 0 radical (unpaired) electrons. The molecule has 0 aromatic carbocycles. The standard InChI is InChI=1S/C12H15NO4S/c1-6(14)17-13-10-11(15)8-4-3-7(18-2)5-9(8)12(10)16/h7-9H,3-5H2,1-2H3/b13-10-. The molecule has 2 saturated carbocycles. The van der Waals surface area contributed by atoms with Gasteiger partial charge in [0.1, 0.15) is 0 Å². The lowest BCUT2D eigenvalue weighted by Crippen LogP contribution is -2.28. The fourth-order valence-electron chi connectivity index (χ4n) is 2.62. The van der Waals surface area contributed by atoms with Crippen molar-refractivity contribution in [3.05, 3.63) is 0 Å². The van der Waals surface area contributed by atoms with Gasteiger partial charge in [-0.15, -0.1) is 0 Å². The highest BCUT2D eigenvalue weighted by Crippen LogP contribution is 2.40. The third kappa shape index (κ3) is 2.34. The maximum Gasteiger partial charge on any atom is 0.332 e. The molecular weight excluding hydrogens is 254 g/mol. The summed E-state index contributed by atoms with van der Waals surface area (Å²) in [5.74, 6) is -1.66. The first-order valence-electron chi connectivity index (χ1n) is 5.91. The minimum absolute atomic E-state index is 0.179. The Bertz CT molecular complexity index is 432. The number of nitrogens with zero attached hydrogens (tertiary/aromatic N) is 1. The van der Waals surface area contributed by atoms with E-state index in [9.17, 15) is 14.4 Å². The number of carbonyl (C=O) groups is 3. The van der Waals surface area contributed by atoms with Gasteiger partial charge in [0.05, 0.1) is 0 Å². The first kappa shape index (κ1) is 13.3. The van der Waals surface area contributed by atoms with Gasteiger partial charge in [-0.25, -0.2) is 4.79 Å². The number of rotatable bonds is 2. The van der Waals surface area contributed by atoms with Crippen molar-refractivity contribution in [2.75, 3.05) is 6.26 Å². The van der Waals surface area contributed by atoms with Crippen molar-refractivity contribution in [1.82, 2.24) is 0 Å². The highest BCUT2D eigenvalue weighted by Gasteiger charge is 2.50. The predicted molar refractivity (Wildman–Crippen MR) is 67.3 cm³/mol. The molecule has 0 bridgehead atoms. The highest BCUT2D eigenvalue weighted by atomic mass is 32.2. The van der Waals surface area contributed by atoms with Gasteiger partial charge >= 0.3 is 5.97 Å². The zero-order chi connectivity index (χ0) is 13.3. The summed E-state index contributed by atoms with van der Waals surface area (Å²) in [6.07, 6.45) is 4.40. The van der Waals surface area contributed by atoms with E-state index in [2.05, 4.69) is 9.99 Å². The topological polar surface area (TPSA) is 72.8 Å². The van der Waals surface area contributed by atoms with Crippen LogP contribution < -0.4 is 0 Å². The summed E-state index contributed by atoms with van der Waals surface area (Å²) in [5.41, 5.74) is -0.179. The summed E-state index contributed by atoms with van der Waals surface area (Å²) >= 11 is 1.73. The van der Waals surface area contributed by atoms with Gasteiger partial charge in [-0.2, -0.15) is 11.8 Å². The lowest BCUT2D eigenvalue weighted by atomic mass is 9.81. The molecule has 0 N–H and O–H groups in total. The smallest absolute Gasteiger partial charge is 0.318 e. The maximum absolute atomic E-state index is 12.1. The van der Waals surface area contributed by atoms with Crippen molar-refractivity contribution in [1.29, 1.82) is 0 Å². The van der Waals surface area contributed by atoms with E-state index >= 15 is 0 Å². The van der Waals surface area contributed by atoms with Crippen molar-refractivity contribution in [3.63, 3.8) is 0 Å². The van der Waals surface area contributed by atoms with Crippen LogP contribution in [0, 0.1) is 11.8 Å². The number of thioether (sulfide) groups is 1. The Kier molecular flexibility index (Phi) is 3.85. The average Bonchev–Trinajstić information content (AvgIpc) is 2.59. The van der Waals surface area contributed by atoms with Crippen LogP contribution in [0.5, 0.6) is 0 Å². The van der Waals surface area contributed by atoms with Crippen molar-refractivity contribution in [2.24, 2.45) is 17.0 Å². The summed E-state index contributed by atoms with van der Waals surface area (Å²) in [7, 11) is 0. The van der Waals surface area contributed by atoms with Gasteiger partial charge in [0.25, 0.3) is 0 Å². The van der Waals surface area contributed by atoms with Gasteiger partial charge in [-0.1, -0.05) is 5.16 Å². The number of hydrogen-bond donors (Lipinski definition) is 0. The van der Waals surface area contributed by atoms with Crippen molar-refractivity contribution in [2.45, 2.75) is 31.4 Å². The quantitative estimate of drug-likeness (QED) is 0.556. The van der Waals surface area contributed by atoms with Crippen LogP contribution in [0.15, 0.2) is 5.16 Å². The highest BCUT2D eigenvalue weighted by molar-refractivity contribution is 7.99. The summed E-state index contributed by atoms with van der Waals surface area (Å²) in [6, 6.07) is 0. The normalized spacial score (nSPS) is 33.7. The number of ketones is 2. The van der Waals surface area contributed by atoms with Crippen LogP contribution in [0.3, 0.4) is 0 Å². The van der Waals surface area contributed by atoms with Crippen LogP contribution in [-0.4, -0.2) is 34.8 Å². The summed E-state index contributed by atoms with van der Waals surface area (Å²) in [6.45, 7) is 1.19. The van der Waals surface area contributed by atoms with Crippen LogP contribution in [0.1, 0.15) is 26.2 Å². The van der Waals surface area contributed by atoms with Gasteiger partial charge in [0, 0.05) is 24.0 Å². The molecule has 3 unspecified atom stereocenters. The second kappa shape index (κ2) is 5.22. The minimum Gasteiger partial charge on any atom is -0.318 e. The van der Waals surface area contributed by atoms with E-state index in [1.807, 2.05) is 6.26 Å². The molecular formula is C12H15NO4S. The summed E-state index contributed by atoms with van der Waals surface area (Å²) in [5, 5.41) is 3.85. The Hall–Kier alpha value is -1.17. The van der Waals surface area contributed by atoms with Crippen LogP contribution in [0.2, 0.25) is 0 Å². The molecule has 18 heavy (non-hydrogen) atoms. The van der Waals surface area contributed by atoms with Gasteiger partial charge in [-0.3, -0.25) is 9.59 Å². The first-order valence-corrected chi connectivity index (χ1v) is 7.20.